The summed E-state index contributed by atoms with van der Waals surface area (Å²) in [6.07, 6.45) is 2.99. The molecular weight excluding hydrogens is 398 g/mol. The Morgan fingerprint density at radius 2 is 2.03 bits per heavy atom. The van der Waals surface area contributed by atoms with Gasteiger partial charge in [-0.25, -0.2) is 9.98 Å². The van der Waals surface area contributed by atoms with E-state index in [4.69, 9.17) is 15.2 Å². The van der Waals surface area contributed by atoms with Gasteiger partial charge in [-0.05, 0) is 43.2 Å². The summed E-state index contributed by atoms with van der Waals surface area (Å²) in [5.41, 5.74) is 6.46. The van der Waals surface area contributed by atoms with E-state index in [1.165, 1.54) is 12.1 Å². The SMILES string of the molecule is NC1=NC2(CO1)c1cc(NC(=O)c3ccc(OC(F)F)cn3)ccc1OCC21CC1. The Balaban J connectivity index is 1.41. The highest BCUT2D eigenvalue weighted by atomic mass is 19.3. The highest BCUT2D eigenvalue weighted by Crippen LogP contribution is 2.65. The number of amidine groups is 1. The molecule has 1 aromatic carbocycles. The topological polar surface area (TPSA) is 108 Å². The third-order valence-corrected chi connectivity index (χ3v) is 5.84. The molecule has 3 N–H and O–H groups in total. The van der Waals surface area contributed by atoms with Crippen molar-refractivity contribution in [3.63, 3.8) is 0 Å². The minimum atomic E-state index is -2.96. The quantitative estimate of drug-likeness (QED) is 0.793. The van der Waals surface area contributed by atoms with Crippen LogP contribution in [-0.2, 0) is 10.3 Å². The second-order valence-electron chi connectivity index (χ2n) is 7.59. The fourth-order valence-electron chi connectivity index (χ4n) is 4.11. The van der Waals surface area contributed by atoms with Crippen LogP contribution in [-0.4, -0.2) is 36.7 Å². The highest BCUT2D eigenvalue weighted by Gasteiger charge is 2.66. The van der Waals surface area contributed by atoms with Crippen molar-refractivity contribution >= 4 is 17.6 Å². The Morgan fingerprint density at radius 1 is 1.20 bits per heavy atom. The molecule has 2 spiro atoms. The van der Waals surface area contributed by atoms with Crippen LogP contribution in [0.1, 0.15) is 28.9 Å². The molecule has 2 aliphatic heterocycles. The van der Waals surface area contributed by atoms with E-state index in [2.05, 4.69) is 20.0 Å². The van der Waals surface area contributed by atoms with E-state index in [1.54, 1.807) is 12.1 Å². The number of aliphatic imine (C=N–C) groups is 1. The molecule has 5 rings (SSSR count). The predicted molar refractivity (Wildman–Crippen MR) is 102 cm³/mol. The van der Waals surface area contributed by atoms with Crippen LogP contribution in [0.3, 0.4) is 0 Å². The molecule has 1 amide bonds. The van der Waals surface area contributed by atoms with Crippen molar-refractivity contribution < 1.29 is 27.8 Å². The first-order valence-electron chi connectivity index (χ1n) is 9.39. The Morgan fingerprint density at radius 3 is 2.67 bits per heavy atom. The van der Waals surface area contributed by atoms with Crippen LogP contribution in [0.4, 0.5) is 14.5 Å². The molecule has 10 heteroatoms. The molecule has 3 aliphatic rings. The zero-order chi connectivity index (χ0) is 20.9. The van der Waals surface area contributed by atoms with Gasteiger partial charge in [0.25, 0.3) is 11.9 Å². The first-order valence-corrected chi connectivity index (χ1v) is 9.39. The van der Waals surface area contributed by atoms with Gasteiger partial charge in [0.05, 0.1) is 12.8 Å². The van der Waals surface area contributed by atoms with Gasteiger partial charge >= 0.3 is 6.61 Å². The Hall–Kier alpha value is -3.43. The van der Waals surface area contributed by atoms with Crippen molar-refractivity contribution in [3.05, 3.63) is 47.8 Å². The molecule has 3 heterocycles. The largest absolute Gasteiger partial charge is 0.493 e. The second kappa shape index (κ2) is 6.54. The number of hydrogen-bond acceptors (Lipinski definition) is 7. The zero-order valence-corrected chi connectivity index (χ0v) is 15.7. The Labute approximate surface area is 170 Å². The van der Waals surface area contributed by atoms with Gasteiger partial charge in [0.2, 0.25) is 0 Å². The molecule has 1 aromatic heterocycles. The second-order valence-corrected chi connectivity index (χ2v) is 7.59. The number of fused-ring (bicyclic) bond motifs is 3. The molecule has 8 nitrogen and oxygen atoms in total. The molecule has 1 unspecified atom stereocenters. The number of aromatic nitrogens is 1. The summed E-state index contributed by atoms with van der Waals surface area (Å²) in [5, 5.41) is 2.77. The summed E-state index contributed by atoms with van der Waals surface area (Å²) in [5.74, 6) is 0.0659. The lowest BCUT2D eigenvalue weighted by atomic mass is 9.74. The van der Waals surface area contributed by atoms with Gasteiger partial charge in [-0.3, -0.25) is 4.79 Å². The number of rotatable bonds is 4. The number of benzene rings is 1. The smallest absolute Gasteiger partial charge is 0.387 e. The summed E-state index contributed by atoms with van der Waals surface area (Å²) in [4.78, 5) is 21.1. The number of halogens is 2. The normalized spacial score (nSPS) is 22.8. The fourth-order valence-corrected chi connectivity index (χ4v) is 4.11. The van der Waals surface area contributed by atoms with Crippen molar-refractivity contribution in [1.82, 2.24) is 4.98 Å². The molecule has 1 atom stereocenters. The maximum Gasteiger partial charge on any atom is 0.387 e. The Kier molecular flexibility index (Phi) is 4.05. The summed E-state index contributed by atoms with van der Waals surface area (Å²) < 4.78 is 40.2. The number of nitrogens with zero attached hydrogens (tertiary/aromatic N) is 2. The van der Waals surface area contributed by atoms with Crippen molar-refractivity contribution in [3.8, 4) is 11.5 Å². The van der Waals surface area contributed by atoms with E-state index in [0.717, 1.165) is 24.6 Å². The number of nitrogens with two attached hydrogens (primary N) is 1. The molecule has 1 fully saturated rings. The number of anilines is 1. The lowest BCUT2D eigenvalue weighted by Gasteiger charge is -2.39. The molecule has 0 bridgehead atoms. The number of carbonyl (C=O) groups excluding carboxylic acids is 1. The van der Waals surface area contributed by atoms with Crippen LogP contribution in [0.5, 0.6) is 11.5 Å². The van der Waals surface area contributed by atoms with Crippen LogP contribution in [0.15, 0.2) is 41.5 Å². The number of carbonyl (C=O) groups is 1. The molecule has 1 saturated carbocycles. The van der Waals surface area contributed by atoms with E-state index in [1.807, 2.05) is 6.07 Å². The van der Waals surface area contributed by atoms with Gasteiger partial charge < -0.3 is 25.3 Å². The van der Waals surface area contributed by atoms with Gasteiger partial charge in [0, 0.05) is 16.7 Å². The van der Waals surface area contributed by atoms with Crippen LogP contribution >= 0.6 is 0 Å². The van der Waals surface area contributed by atoms with Crippen molar-refractivity contribution in [1.29, 1.82) is 0 Å². The molecule has 2 aromatic rings. The first-order chi connectivity index (χ1) is 14.4. The van der Waals surface area contributed by atoms with Crippen molar-refractivity contribution in [2.24, 2.45) is 16.1 Å². The van der Waals surface area contributed by atoms with Crippen LogP contribution in [0.2, 0.25) is 0 Å². The summed E-state index contributed by atoms with van der Waals surface area (Å²) in [6, 6.07) is 8.02. The van der Waals surface area contributed by atoms with Crippen LogP contribution in [0.25, 0.3) is 0 Å². The average Bonchev–Trinajstić information content (AvgIpc) is 3.41. The lowest BCUT2D eigenvalue weighted by molar-refractivity contribution is -0.0500. The Bertz CT molecular complexity index is 1040. The van der Waals surface area contributed by atoms with E-state index in [0.29, 0.717) is 24.7 Å². The number of pyridine rings is 1. The molecule has 0 saturated heterocycles. The monoisotopic (exact) mass is 416 g/mol. The molecule has 156 valence electrons. The molecule has 0 radical (unpaired) electrons. The first kappa shape index (κ1) is 18.6. The number of alkyl halides is 2. The summed E-state index contributed by atoms with van der Waals surface area (Å²) in [7, 11) is 0. The maximum atomic E-state index is 12.6. The molecule has 1 aliphatic carbocycles. The number of nitrogens with one attached hydrogen (secondary N) is 1. The van der Waals surface area contributed by atoms with E-state index >= 15 is 0 Å². The maximum absolute atomic E-state index is 12.6. The highest BCUT2D eigenvalue weighted by molar-refractivity contribution is 6.03. The number of amides is 1. The molecule has 30 heavy (non-hydrogen) atoms. The third kappa shape index (κ3) is 2.90. The summed E-state index contributed by atoms with van der Waals surface area (Å²) >= 11 is 0. The number of ether oxygens (including phenoxy) is 3. The molecular formula is C20H18F2N4O4. The van der Waals surface area contributed by atoms with Crippen molar-refractivity contribution in [2.75, 3.05) is 18.5 Å². The average molecular weight is 416 g/mol. The van der Waals surface area contributed by atoms with Gasteiger partial charge in [-0.15, -0.1) is 0 Å². The minimum Gasteiger partial charge on any atom is -0.493 e. The van der Waals surface area contributed by atoms with Gasteiger partial charge in [0.15, 0.2) is 0 Å². The minimum absolute atomic E-state index is 0.0606. The van der Waals surface area contributed by atoms with Gasteiger partial charge in [-0.1, -0.05) is 0 Å². The predicted octanol–water partition coefficient (Wildman–Crippen LogP) is 2.65. The van der Waals surface area contributed by atoms with Crippen molar-refractivity contribution in [2.45, 2.75) is 25.0 Å². The summed E-state index contributed by atoms with van der Waals surface area (Å²) in [6.45, 7) is -2.08. The van der Waals surface area contributed by atoms with Crippen LogP contribution < -0.4 is 20.5 Å². The zero-order valence-electron chi connectivity index (χ0n) is 15.7. The van der Waals surface area contributed by atoms with Gasteiger partial charge in [-0.2, -0.15) is 8.78 Å². The standard InChI is InChI=1S/C20H18F2N4O4/c21-17(22)30-12-2-3-14(24-8-12)16(27)25-11-1-4-15-13(7-11)20(10-29-18(23)26-20)19(5-6-19)9-28-15/h1-4,7-8,17H,5-6,9-10H2,(H2,23,26)(H,25,27). The van der Waals surface area contributed by atoms with E-state index in [9.17, 15) is 13.6 Å². The third-order valence-electron chi connectivity index (χ3n) is 5.84. The van der Waals surface area contributed by atoms with Gasteiger partial charge in [0.1, 0.15) is 29.3 Å². The van der Waals surface area contributed by atoms with Crippen LogP contribution in [0, 0.1) is 5.41 Å². The number of hydrogen-bond donors (Lipinski definition) is 2. The lowest BCUT2D eigenvalue weighted by Crippen LogP contribution is -2.44. The fraction of sp³-hybridized carbons (Fsp3) is 0.350. The van der Waals surface area contributed by atoms with E-state index in [-0.39, 0.29) is 22.9 Å². The van der Waals surface area contributed by atoms with E-state index < -0.39 is 18.1 Å².